The molecule has 1 N–H and O–H groups in total. The monoisotopic (exact) mass is 258 g/mol. The minimum atomic E-state index is -0.912. The van der Waals surface area contributed by atoms with E-state index in [1.165, 1.54) is 12.8 Å². The van der Waals surface area contributed by atoms with Crippen LogP contribution >= 0.6 is 0 Å². The fraction of sp³-hybridized carbons (Fsp3) is 0.467. The maximum absolute atomic E-state index is 11.2. The normalized spacial score (nSPS) is 16.7. The Balaban J connectivity index is 2.06. The summed E-state index contributed by atoms with van der Waals surface area (Å²) in [4.78, 5) is 15.7. The van der Waals surface area contributed by atoms with Crippen LogP contribution in [0, 0.1) is 18.8 Å². The second-order valence-electron chi connectivity index (χ2n) is 5.56. The third-order valence-corrected chi connectivity index (χ3v) is 4.10. The minimum Gasteiger partial charge on any atom is -0.478 e. The molecule has 0 saturated heterocycles. The van der Waals surface area contributed by atoms with Crippen molar-refractivity contribution in [1.29, 1.82) is 0 Å². The quantitative estimate of drug-likeness (QED) is 0.916. The van der Waals surface area contributed by atoms with Crippen LogP contribution in [-0.2, 0) is 6.54 Å². The van der Waals surface area contributed by atoms with Gasteiger partial charge in [-0.2, -0.15) is 0 Å². The minimum absolute atomic E-state index is 0.290. The smallest absolute Gasteiger partial charge is 0.337 e. The van der Waals surface area contributed by atoms with Gasteiger partial charge in [0.05, 0.1) is 11.1 Å². The molecule has 1 fully saturated rings. The lowest BCUT2D eigenvalue weighted by Crippen LogP contribution is -2.10. The topological polar surface area (TPSA) is 55.1 Å². The SMILES string of the molecule is Cc1nc2c(C(=O)O)cccc2n1CC(C)C1CC1. The largest absolute Gasteiger partial charge is 0.478 e. The van der Waals surface area contributed by atoms with Gasteiger partial charge in [-0.15, -0.1) is 0 Å². The van der Waals surface area contributed by atoms with E-state index in [2.05, 4.69) is 16.5 Å². The number of hydrogen-bond donors (Lipinski definition) is 1. The Bertz CT molecular complexity index is 641. The molecular formula is C15H18N2O2. The number of hydrogen-bond acceptors (Lipinski definition) is 2. The van der Waals surface area contributed by atoms with Gasteiger partial charge in [-0.05, 0) is 43.7 Å². The van der Waals surface area contributed by atoms with Crippen LogP contribution in [0.1, 0.15) is 35.9 Å². The van der Waals surface area contributed by atoms with Gasteiger partial charge in [-0.25, -0.2) is 9.78 Å². The summed E-state index contributed by atoms with van der Waals surface area (Å²) in [5.41, 5.74) is 1.83. The number of benzene rings is 1. The lowest BCUT2D eigenvalue weighted by Gasteiger charge is -2.13. The number of aromatic carboxylic acids is 1. The van der Waals surface area contributed by atoms with Gasteiger partial charge >= 0.3 is 5.97 Å². The summed E-state index contributed by atoms with van der Waals surface area (Å²) in [7, 11) is 0. The molecule has 1 heterocycles. The highest BCUT2D eigenvalue weighted by molar-refractivity contribution is 6.01. The van der Waals surface area contributed by atoms with Gasteiger partial charge in [0.15, 0.2) is 0 Å². The molecule has 0 aliphatic heterocycles. The van der Waals surface area contributed by atoms with Gasteiger partial charge in [0.25, 0.3) is 0 Å². The first-order valence-corrected chi connectivity index (χ1v) is 6.77. The summed E-state index contributed by atoms with van der Waals surface area (Å²) in [6, 6.07) is 5.37. The van der Waals surface area contributed by atoms with Gasteiger partial charge < -0.3 is 9.67 Å². The third-order valence-electron chi connectivity index (χ3n) is 4.10. The molecule has 0 spiro atoms. The molecule has 19 heavy (non-hydrogen) atoms. The molecule has 4 nitrogen and oxygen atoms in total. The highest BCUT2D eigenvalue weighted by Crippen LogP contribution is 2.38. The Labute approximate surface area is 112 Å². The number of carbonyl (C=O) groups is 1. The summed E-state index contributed by atoms with van der Waals surface area (Å²) in [5, 5.41) is 9.21. The third kappa shape index (κ3) is 2.11. The van der Waals surface area contributed by atoms with Crippen LogP contribution in [0.25, 0.3) is 11.0 Å². The van der Waals surface area contributed by atoms with E-state index in [1.54, 1.807) is 12.1 Å². The molecule has 1 saturated carbocycles. The van der Waals surface area contributed by atoms with Crippen molar-refractivity contribution in [1.82, 2.24) is 9.55 Å². The van der Waals surface area contributed by atoms with Crippen LogP contribution in [0.3, 0.4) is 0 Å². The Morgan fingerprint density at radius 2 is 2.26 bits per heavy atom. The first-order chi connectivity index (χ1) is 9.08. The van der Waals surface area contributed by atoms with Crippen molar-refractivity contribution in [2.75, 3.05) is 0 Å². The zero-order valence-electron chi connectivity index (χ0n) is 11.3. The highest BCUT2D eigenvalue weighted by atomic mass is 16.4. The van der Waals surface area contributed by atoms with Crippen molar-refractivity contribution in [3.05, 3.63) is 29.6 Å². The van der Waals surface area contributed by atoms with Crippen LogP contribution in [0.15, 0.2) is 18.2 Å². The molecule has 0 bridgehead atoms. The summed E-state index contributed by atoms with van der Waals surface area (Å²) in [6.45, 7) is 5.14. The maximum atomic E-state index is 11.2. The van der Waals surface area contributed by atoms with E-state index in [-0.39, 0.29) is 0 Å². The lowest BCUT2D eigenvalue weighted by atomic mass is 10.1. The van der Waals surface area contributed by atoms with Crippen LogP contribution in [-0.4, -0.2) is 20.6 Å². The van der Waals surface area contributed by atoms with Gasteiger partial charge in [-0.3, -0.25) is 0 Å². The van der Waals surface area contributed by atoms with E-state index in [9.17, 15) is 9.90 Å². The predicted octanol–water partition coefficient (Wildman–Crippen LogP) is 3.09. The summed E-state index contributed by atoms with van der Waals surface area (Å²) in [5.74, 6) is 1.45. The fourth-order valence-corrected chi connectivity index (χ4v) is 2.77. The average Bonchev–Trinajstić information content (AvgIpc) is 3.16. The Morgan fingerprint density at radius 3 is 2.89 bits per heavy atom. The van der Waals surface area contributed by atoms with Crippen LogP contribution < -0.4 is 0 Å². The molecule has 0 amide bonds. The molecule has 1 atom stereocenters. The van der Waals surface area contributed by atoms with Gasteiger partial charge in [-0.1, -0.05) is 13.0 Å². The van der Waals surface area contributed by atoms with Crippen LogP contribution in [0.4, 0.5) is 0 Å². The lowest BCUT2D eigenvalue weighted by molar-refractivity contribution is 0.0699. The van der Waals surface area contributed by atoms with Crippen molar-refractivity contribution in [2.24, 2.45) is 11.8 Å². The second kappa shape index (κ2) is 4.37. The number of carboxylic acid groups (broad SMARTS) is 1. The molecule has 0 radical (unpaired) electrons. The number of nitrogens with zero attached hydrogens (tertiary/aromatic N) is 2. The molecule has 4 heteroatoms. The number of imidazole rings is 1. The number of carboxylic acids is 1. The van der Waals surface area contributed by atoms with Crippen molar-refractivity contribution >= 4 is 17.0 Å². The standard InChI is InChI=1S/C15H18N2O2/c1-9(11-6-7-11)8-17-10(2)16-14-12(15(18)19)4-3-5-13(14)17/h3-5,9,11H,6-8H2,1-2H3,(H,18,19). The fourth-order valence-electron chi connectivity index (χ4n) is 2.77. The molecule has 100 valence electrons. The summed E-state index contributed by atoms with van der Waals surface area (Å²) < 4.78 is 2.16. The molecule has 3 rings (SSSR count). The van der Waals surface area contributed by atoms with Crippen LogP contribution in [0.2, 0.25) is 0 Å². The summed E-state index contributed by atoms with van der Waals surface area (Å²) in [6.07, 6.45) is 2.65. The molecule has 1 unspecified atom stereocenters. The first kappa shape index (κ1) is 12.2. The first-order valence-electron chi connectivity index (χ1n) is 6.77. The molecule has 1 aliphatic rings. The Hall–Kier alpha value is -1.84. The van der Waals surface area contributed by atoms with E-state index in [1.807, 2.05) is 13.0 Å². The molecule has 1 aliphatic carbocycles. The van der Waals surface area contributed by atoms with Crippen molar-refractivity contribution in [2.45, 2.75) is 33.2 Å². The Morgan fingerprint density at radius 1 is 1.53 bits per heavy atom. The van der Waals surface area contributed by atoms with Crippen molar-refractivity contribution < 1.29 is 9.90 Å². The van der Waals surface area contributed by atoms with E-state index in [0.717, 1.165) is 23.8 Å². The average molecular weight is 258 g/mol. The zero-order chi connectivity index (χ0) is 13.6. The van der Waals surface area contributed by atoms with E-state index >= 15 is 0 Å². The number of para-hydroxylation sites is 1. The van der Waals surface area contributed by atoms with Crippen LogP contribution in [0.5, 0.6) is 0 Å². The van der Waals surface area contributed by atoms with E-state index in [4.69, 9.17) is 0 Å². The van der Waals surface area contributed by atoms with Crippen molar-refractivity contribution in [3.63, 3.8) is 0 Å². The second-order valence-corrected chi connectivity index (χ2v) is 5.56. The number of rotatable bonds is 4. The highest BCUT2D eigenvalue weighted by Gasteiger charge is 2.28. The molecule has 2 aromatic rings. The van der Waals surface area contributed by atoms with Crippen molar-refractivity contribution in [3.8, 4) is 0 Å². The van der Waals surface area contributed by atoms with Gasteiger partial charge in [0.1, 0.15) is 11.3 Å². The van der Waals surface area contributed by atoms with E-state index < -0.39 is 5.97 Å². The number of aromatic nitrogens is 2. The maximum Gasteiger partial charge on any atom is 0.337 e. The zero-order valence-corrected chi connectivity index (χ0v) is 11.3. The molecular weight excluding hydrogens is 240 g/mol. The number of fused-ring (bicyclic) bond motifs is 1. The number of aryl methyl sites for hydroxylation is 1. The van der Waals surface area contributed by atoms with Gasteiger partial charge in [0, 0.05) is 6.54 Å². The van der Waals surface area contributed by atoms with E-state index in [0.29, 0.717) is 17.0 Å². The Kier molecular flexibility index (Phi) is 2.81. The molecule has 1 aromatic heterocycles. The predicted molar refractivity (Wildman–Crippen MR) is 73.3 cm³/mol. The van der Waals surface area contributed by atoms with Gasteiger partial charge in [0.2, 0.25) is 0 Å². The molecule has 1 aromatic carbocycles. The summed E-state index contributed by atoms with van der Waals surface area (Å²) >= 11 is 0.